The highest BCUT2D eigenvalue weighted by molar-refractivity contribution is 9.11. The summed E-state index contributed by atoms with van der Waals surface area (Å²) in [4.78, 5) is 56.4. The van der Waals surface area contributed by atoms with Gasteiger partial charge >= 0.3 is 0 Å². The third-order valence-corrected chi connectivity index (χ3v) is 15.8. The second-order valence-corrected chi connectivity index (χ2v) is 23.3. The second kappa shape index (κ2) is 26.8. The maximum atomic E-state index is 11.7. The topological polar surface area (TPSA) is 178 Å². The van der Waals surface area contributed by atoms with Crippen LogP contribution in [0.25, 0.3) is 16.9 Å². The van der Waals surface area contributed by atoms with Gasteiger partial charge in [-0.15, -0.1) is 0 Å². The Hall–Kier alpha value is -6.32. The first-order chi connectivity index (χ1) is 37.5. The molecule has 0 fully saturated rings. The molecular formula is C59H59Br5N10O5. The molecule has 0 radical (unpaired) electrons. The Morgan fingerprint density at radius 3 is 1.53 bits per heavy atom. The van der Waals surface area contributed by atoms with E-state index in [1.165, 1.54) is 5.69 Å². The highest BCUT2D eigenvalue weighted by Crippen LogP contribution is 2.29. The number of halogens is 5. The largest absolute Gasteiger partial charge is 0.485 e. The van der Waals surface area contributed by atoms with E-state index in [2.05, 4.69) is 139 Å². The van der Waals surface area contributed by atoms with Gasteiger partial charge in [-0.3, -0.25) is 18.8 Å². The first-order valence-corrected chi connectivity index (χ1v) is 28.9. The average Bonchev–Trinajstić information content (AvgIpc) is 4.18. The third kappa shape index (κ3) is 14.9. The number of Topliss-reactive ketones (excluding diaryl/α,β-unsaturated/α-hetero) is 3. The maximum Gasteiger partial charge on any atom is 0.199 e. The Morgan fingerprint density at radius 2 is 1.04 bits per heavy atom. The van der Waals surface area contributed by atoms with Gasteiger partial charge in [0.15, 0.2) is 45.8 Å². The Labute approximate surface area is 501 Å². The van der Waals surface area contributed by atoms with Crippen molar-refractivity contribution < 1.29 is 23.9 Å². The van der Waals surface area contributed by atoms with Gasteiger partial charge in [-0.25, -0.2) is 24.9 Å². The molecule has 20 heteroatoms. The molecule has 0 bridgehead atoms. The molecule has 1 atom stereocenters. The lowest BCUT2D eigenvalue weighted by molar-refractivity contribution is -0.121. The summed E-state index contributed by atoms with van der Waals surface area (Å²) in [6.07, 6.45) is 7.82. The lowest BCUT2D eigenvalue weighted by Crippen LogP contribution is -2.30. The highest BCUT2D eigenvalue weighted by Gasteiger charge is 2.30. The zero-order valence-corrected chi connectivity index (χ0v) is 53.3. The number of ketones is 3. The molecular weight excluding hydrogens is 1330 g/mol. The number of fused-ring (bicyclic) bond motifs is 4. The van der Waals surface area contributed by atoms with E-state index in [-0.39, 0.29) is 23.3 Å². The second-order valence-electron chi connectivity index (χ2n) is 18.8. The highest BCUT2D eigenvalue weighted by atomic mass is 79.9. The van der Waals surface area contributed by atoms with Gasteiger partial charge < -0.3 is 28.6 Å². The Bertz CT molecular complexity index is 3850. The predicted octanol–water partition coefficient (Wildman–Crippen LogP) is 15.0. The fourth-order valence-electron chi connectivity index (χ4n) is 8.21. The van der Waals surface area contributed by atoms with Crippen LogP contribution in [-0.4, -0.2) is 60.0 Å². The van der Waals surface area contributed by atoms with Crippen molar-refractivity contribution in [2.75, 3.05) is 5.73 Å². The zero-order valence-electron chi connectivity index (χ0n) is 45.3. The van der Waals surface area contributed by atoms with Crippen LogP contribution in [0, 0.1) is 61.3 Å². The molecule has 15 nitrogen and oxygen atoms in total. The van der Waals surface area contributed by atoms with Crippen molar-refractivity contribution >= 4 is 120 Å². The van der Waals surface area contributed by atoms with Crippen LogP contribution >= 0.6 is 79.6 Å². The van der Waals surface area contributed by atoms with Crippen molar-refractivity contribution in [2.24, 2.45) is 5.92 Å². The van der Waals surface area contributed by atoms with Gasteiger partial charge in [0.05, 0.1) is 31.7 Å². The molecule has 1 aliphatic heterocycles. The van der Waals surface area contributed by atoms with E-state index in [0.717, 1.165) is 96.0 Å². The molecule has 2 N–H and O–H groups in total. The summed E-state index contributed by atoms with van der Waals surface area (Å²) < 4.78 is 24.6. The van der Waals surface area contributed by atoms with Crippen molar-refractivity contribution in [1.82, 2.24) is 42.7 Å². The first kappa shape index (κ1) is 60.3. The van der Waals surface area contributed by atoms with Crippen LogP contribution in [0.3, 0.4) is 0 Å². The molecule has 0 spiro atoms. The van der Waals surface area contributed by atoms with Crippen molar-refractivity contribution in [3.05, 3.63) is 200 Å². The number of rotatable bonds is 8. The smallest absolute Gasteiger partial charge is 0.199 e. The van der Waals surface area contributed by atoms with Gasteiger partial charge in [0.1, 0.15) is 24.8 Å². The molecule has 8 aromatic heterocycles. The fourth-order valence-corrected chi connectivity index (χ4v) is 10.9. The number of nitrogens with two attached hydrogens (primary N) is 1. The number of nitrogen functional groups attached to an aromatic ring is 1. The van der Waals surface area contributed by atoms with Crippen LogP contribution in [0.15, 0.2) is 132 Å². The number of ether oxygens (including phenoxy) is 2. The molecule has 11 rings (SSSR count). The Balaban J connectivity index is 0.000000147. The molecule has 0 aliphatic carbocycles. The number of carbonyl (C=O) groups is 3. The number of imidazole rings is 4. The number of carbonyl (C=O) groups excluding carboxylic acids is 3. The Morgan fingerprint density at radius 1 is 0.582 bits per heavy atom. The summed E-state index contributed by atoms with van der Waals surface area (Å²) in [5.74, 6) is 2.36. The van der Waals surface area contributed by atoms with Crippen molar-refractivity contribution in [2.45, 2.75) is 95.4 Å². The third-order valence-electron chi connectivity index (χ3n) is 13.2. The first-order valence-electron chi connectivity index (χ1n) is 24.9. The van der Waals surface area contributed by atoms with E-state index in [1.54, 1.807) is 26.1 Å². The number of anilines is 1. The number of aryl methyl sites for hydroxylation is 7. The minimum absolute atomic E-state index is 0.0113. The summed E-state index contributed by atoms with van der Waals surface area (Å²) in [5.41, 5.74) is 19.0. The molecule has 1 unspecified atom stereocenters. The normalized spacial score (nSPS) is 12.5. The van der Waals surface area contributed by atoms with Crippen LogP contribution in [-0.2, 0) is 24.6 Å². The van der Waals surface area contributed by atoms with E-state index in [9.17, 15) is 14.4 Å². The van der Waals surface area contributed by atoms with E-state index in [1.807, 2.05) is 136 Å². The molecule has 9 heterocycles. The number of pyridine rings is 4. The molecule has 1 aliphatic rings. The fraction of sp³-hybridized carbons (Fsp3) is 0.254. The van der Waals surface area contributed by atoms with Crippen molar-refractivity contribution in [1.29, 1.82) is 0 Å². The number of hydrogen-bond acceptors (Lipinski definition) is 11. The minimum atomic E-state index is -0.169. The summed E-state index contributed by atoms with van der Waals surface area (Å²) in [6, 6.07) is 27.7. The van der Waals surface area contributed by atoms with Gasteiger partial charge in [-0.2, -0.15) is 0 Å². The van der Waals surface area contributed by atoms with E-state index in [4.69, 9.17) is 15.2 Å². The Kier molecular flexibility index (Phi) is 20.4. The standard InChI is InChI=1S/C18H18N2O2.C16H15BrN2O.C11H14N2O2.C9H8Br2N2.C5H4Br2N2/c1-12-13(2)20-10-16(14(3)21)9-17(18(20)19-12)22-11-15-7-5-4-6-8-15;1-11-12(2)19-9-14(17)8-15(16(19)18-11)20-10-13-6-4-3-5-7-13;1-6-7(2)13-5-9(8(3)14)4-10(15)11(13)12-6;1-5-6(2)13-4-7(10)3-8(11)9(13)12-5;6-3-1-4(7)5(8)9-2-3/h4-10H,11H2,1-3H3;3-9H,10H2,1-2H3;9H,4-5H2,1-3H3;3-4H,1-2H3;1-2H,(H2,8,9). The average molecular weight is 1390 g/mol. The molecule has 0 saturated heterocycles. The van der Waals surface area contributed by atoms with E-state index < -0.39 is 0 Å². The summed E-state index contributed by atoms with van der Waals surface area (Å²) in [5, 5.41) is 0. The summed E-state index contributed by atoms with van der Waals surface area (Å²) >= 11 is 16.9. The minimum Gasteiger partial charge on any atom is -0.485 e. The van der Waals surface area contributed by atoms with Crippen LogP contribution in [0.5, 0.6) is 11.5 Å². The predicted molar refractivity (Wildman–Crippen MR) is 328 cm³/mol. The number of benzene rings is 2. The molecule has 2 aromatic carbocycles. The summed E-state index contributed by atoms with van der Waals surface area (Å²) in [6.45, 7) is 20.6. The van der Waals surface area contributed by atoms with Crippen LogP contribution < -0.4 is 15.2 Å². The SMILES string of the molecule is CC(=O)C1CC(=O)c2nc(C)c(C)n2C1.CC(=O)c1cc(OCc2ccccc2)c2nc(C)c(C)n2c1.Cc1nc2c(Br)cc(Br)cn2c1C.Cc1nc2c(OCc3ccccc3)cc(Br)cn2c1C.Nc1ncc(Br)cc1Br. The van der Waals surface area contributed by atoms with Gasteiger partial charge in [0.2, 0.25) is 0 Å². The zero-order chi connectivity index (χ0) is 57.4. The maximum absolute atomic E-state index is 11.7. The van der Waals surface area contributed by atoms with Crippen LogP contribution in [0.1, 0.15) is 97.9 Å². The lowest BCUT2D eigenvalue weighted by atomic mass is 9.95. The number of hydrogen-bond donors (Lipinski definition) is 1. The molecule has 0 amide bonds. The lowest BCUT2D eigenvalue weighted by Gasteiger charge is -2.21. The van der Waals surface area contributed by atoms with Gasteiger partial charge in [0.25, 0.3) is 0 Å². The van der Waals surface area contributed by atoms with Crippen LogP contribution in [0.4, 0.5) is 5.82 Å². The van der Waals surface area contributed by atoms with Crippen molar-refractivity contribution in [3.63, 3.8) is 0 Å². The van der Waals surface area contributed by atoms with Gasteiger partial charge in [-0.1, -0.05) is 60.7 Å². The van der Waals surface area contributed by atoms with Gasteiger partial charge in [-0.05, 0) is 184 Å². The van der Waals surface area contributed by atoms with E-state index >= 15 is 0 Å². The number of aromatic nitrogens is 9. The number of nitrogens with zero attached hydrogens (tertiary/aromatic N) is 9. The summed E-state index contributed by atoms with van der Waals surface area (Å²) in [7, 11) is 0. The molecule has 0 saturated carbocycles. The van der Waals surface area contributed by atoms with Gasteiger partial charge in [0, 0.05) is 85.4 Å². The van der Waals surface area contributed by atoms with Crippen molar-refractivity contribution in [3.8, 4) is 11.5 Å². The molecule has 10 aromatic rings. The van der Waals surface area contributed by atoms with Crippen LogP contribution in [0.2, 0.25) is 0 Å². The molecule has 410 valence electrons. The molecule has 79 heavy (non-hydrogen) atoms. The van der Waals surface area contributed by atoms with E-state index in [0.29, 0.717) is 49.1 Å². The quantitative estimate of drug-likeness (QED) is 0.143. The monoisotopic (exact) mass is 1380 g/mol.